The zero-order valence-electron chi connectivity index (χ0n) is 12.8. The summed E-state index contributed by atoms with van der Waals surface area (Å²) in [7, 11) is 0. The van der Waals surface area contributed by atoms with E-state index in [1.165, 1.54) is 22.9 Å². The van der Waals surface area contributed by atoms with Gasteiger partial charge in [0, 0.05) is 30.8 Å². The van der Waals surface area contributed by atoms with E-state index < -0.39 is 0 Å². The van der Waals surface area contributed by atoms with Gasteiger partial charge in [-0.25, -0.2) is 0 Å². The molecule has 21 heavy (non-hydrogen) atoms. The van der Waals surface area contributed by atoms with E-state index in [1.54, 1.807) is 0 Å². The second kappa shape index (κ2) is 4.85. The van der Waals surface area contributed by atoms with Gasteiger partial charge in [-0.2, -0.15) is 0 Å². The van der Waals surface area contributed by atoms with Gasteiger partial charge in [-0.15, -0.1) is 0 Å². The van der Waals surface area contributed by atoms with Gasteiger partial charge < -0.3 is 9.67 Å². The van der Waals surface area contributed by atoms with Crippen molar-refractivity contribution in [3.63, 3.8) is 0 Å². The number of benzene rings is 1. The average Bonchev–Trinajstić information content (AvgIpc) is 2.92. The Balaban J connectivity index is 1.56. The van der Waals surface area contributed by atoms with Crippen molar-refractivity contribution in [3.8, 4) is 0 Å². The summed E-state index contributed by atoms with van der Waals surface area (Å²) in [6, 6.07) is 9.39. The Hall–Kier alpha value is -1.32. The van der Waals surface area contributed by atoms with Gasteiger partial charge in [0.15, 0.2) is 0 Å². The van der Waals surface area contributed by atoms with Crippen LogP contribution in [0.25, 0.3) is 10.9 Å². The van der Waals surface area contributed by atoms with E-state index in [1.807, 2.05) is 0 Å². The maximum atomic E-state index is 10.4. The molecule has 112 valence electrons. The summed E-state index contributed by atoms with van der Waals surface area (Å²) in [5.74, 6) is 0. The molecule has 1 saturated heterocycles. The highest BCUT2D eigenvalue weighted by Gasteiger charge is 2.51. The lowest BCUT2D eigenvalue weighted by Gasteiger charge is -2.28. The molecule has 1 unspecified atom stereocenters. The lowest BCUT2D eigenvalue weighted by Crippen LogP contribution is -2.40. The number of fused-ring (bicyclic) bond motifs is 1. The Morgan fingerprint density at radius 1 is 1.29 bits per heavy atom. The number of likely N-dealkylation sites (tertiary alicyclic amines) is 1. The molecule has 1 aromatic heterocycles. The number of hydrogen-bond donors (Lipinski definition) is 1. The normalized spacial score (nSPS) is 24.8. The van der Waals surface area contributed by atoms with E-state index in [0.29, 0.717) is 6.04 Å². The van der Waals surface area contributed by atoms with Crippen molar-refractivity contribution < 1.29 is 5.11 Å². The maximum absolute atomic E-state index is 10.4. The van der Waals surface area contributed by atoms with Gasteiger partial charge in [-0.05, 0) is 68.3 Å². The lowest BCUT2D eigenvalue weighted by molar-refractivity contribution is 0.0481. The molecule has 1 atom stereocenters. The van der Waals surface area contributed by atoms with Crippen LogP contribution in [-0.4, -0.2) is 32.8 Å². The molecule has 1 N–H and O–H groups in total. The van der Waals surface area contributed by atoms with Gasteiger partial charge in [0.1, 0.15) is 0 Å². The van der Waals surface area contributed by atoms with E-state index in [4.69, 9.17) is 0 Å². The molecule has 2 heterocycles. The second-order valence-corrected chi connectivity index (χ2v) is 6.73. The minimum atomic E-state index is -0.369. The van der Waals surface area contributed by atoms with E-state index in [2.05, 4.69) is 46.9 Å². The third-order valence-electron chi connectivity index (χ3n) is 5.31. The summed E-state index contributed by atoms with van der Waals surface area (Å²) >= 11 is 0. The highest BCUT2D eigenvalue weighted by Crippen LogP contribution is 2.45. The second-order valence-electron chi connectivity index (χ2n) is 6.73. The van der Waals surface area contributed by atoms with Crippen molar-refractivity contribution in [1.29, 1.82) is 0 Å². The van der Waals surface area contributed by atoms with Crippen molar-refractivity contribution in [2.24, 2.45) is 0 Å². The van der Waals surface area contributed by atoms with Gasteiger partial charge >= 0.3 is 0 Å². The van der Waals surface area contributed by atoms with Crippen LogP contribution in [0.4, 0.5) is 0 Å². The van der Waals surface area contributed by atoms with Crippen LogP contribution < -0.4 is 0 Å². The van der Waals surface area contributed by atoms with Crippen LogP contribution in [0.2, 0.25) is 0 Å². The summed E-state index contributed by atoms with van der Waals surface area (Å²) in [6.45, 7) is 5.30. The topological polar surface area (TPSA) is 28.4 Å². The quantitative estimate of drug-likeness (QED) is 0.934. The monoisotopic (exact) mass is 284 g/mol. The molecule has 0 amide bonds. The predicted octanol–water partition coefficient (Wildman–Crippen LogP) is 3.15. The van der Waals surface area contributed by atoms with Gasteiger partial charge in [0.2, 0.25) is 0 Å². The first-order valence-electron chi connectivity index (χ1n) is 8.24. The van der Waals surface area contributed by atoms with Crippen LogP contribution in [0.15, 0.2) is 30.5 Å². The van der Waals surface area contributed by atoms with Crippen LogP contribution in [0.3, 0.4) is 0 Å². The maximum Gasteiger partial charge on any atom is 0.0804 e. The van der Waals surface area contributed by atoms with Crippen molar-refractivity contribution in [2.75, 3.05) is 6.54 Å². The molecule has 1 aliphatic heterocycles. The zero-order chi connectivity index (χ0) is 14.4. The molecule has 3 heteroatoms. The Kier molecular flexibility index (Phi) is 3.09. The minimum Gasteiger partial charge on any atom is -0.388 e. The van der Waals surface area contributed by atoms with Crippen LogP contribution >= 0.6 is 0 Å². The van der Waals surface area contributed by atoms with E-state index in [-0.39, 0.29) is 5.60 Å². The SMILES string of the molecule is CCn1ccc2cc(CN3CCCC3C3(O)CC3)ccc21. The number of rotatable bonds is 4. The fourth-order valence-electron chi connectivity index (χ4n) is 3.94. The fourth-order valence-corrected chi connectivity index (χ4v) is 3.94. The number of nitrogens with zero attached hydrogens (tertiary/aromatic N) is 2. The predicted molar refractivity (Wildman–Crippen MR) is 85.2 cm³/mol. The van der Waals surface area contributed by atoms with Gasteiger partial charge in [0.25, 0.3) is 0 Å². The molecule has 1 aliphatic carbocycles. The number of hydrogen-bond acceptors (Lipinski definition) is 2. The fraction of sp³-hybridized carbons (Fsp3) is 0.556. The number of aromatic nitrogens is 1. The number of aliphatic hydroxyl groups is 1. The smallest absolute Gasteiger partial charge is 0.0804 e. The molecule has 0 spiro atoms. The first-order valence-corrected chi connectivity index (χ1v) is 8.24. The summed E-state index contributed by atoms with van der Waals surface area (Å²) in [5.41, 5.74) is 2.32. The minimum absolute atomic E-state index is 0.369. The third-order valence-corrected chi connectivity index (χ3v) is 5.31. The Morgan fingerprint density at radius 3 is 2.90 bits per heavy atom. The van der Waals surface area contributed by atoms with Crippen LogP contribution in [0.1, 0.15) is 38.2 Å². The highest BCUT2D eigenvalue weighted by molar-refractivity contribution is 5.80. The van der Waals surface area contributed by atoms with Gasteiger partial charge in [0.05, 0.1) is 5.60 Å². The Labute approximate surface area is 126 Å². The molecular weight excluding hydrogens is 260 g/mol. The summed E-state index contributed by atoms with van der Waals surface area (Å²) < 4.78 is 2.28. The van der Waals surface area contributed by atoms with E-state index in [0.717, 1.165) is 38.9 Å². The van der Waals surface area contributed by atoms with Crippen LogP contribution in [-0.2, 0) is 13.1 Å². The molecule has 0 bridgehead atoms. The molecule has 1 saturated carbocycles. The van der Waals surface area contributed by atoms with Gasteiger partial charge in [-0.3, -0.25) is 4.90 Å². The Bertz CT molecular complexity index is 656. The van der Waals surface area contributed by atoms with Crippen molar-refractivity contribution in [2.45, 2.75) is 57.3 Å². The molecular formula is C18H24N2O. The zero-order valence-corrected chi connectivity index (χ0v) is 12.8. The first kappa shape index (κ1) is 13.4. The van der Waals surface area contributed by atoms with Crippen LogP contribution in [0, 0.1) is 0 Å². The molecule has 2 aromatic rings. The number of aryl methyl sites for hydroxylation is 1. The third kappa shape index (κ3) is 2.29. The Morgan fingerprint density at radius 2 is 2.14 bits per heavy atom. The lowest BCUT2D eigenvalue weighted by atomic mass is 10.1. The van der Waals surface area contributed by atoms with E-state index in [9.17, 15) is 5.11 Å². The molecule has 1 aromatic carbocycles. The molecule has 2 fully saturated rings. The average molecular weight is 284 g/mol. The first-order chi connectivity index (χ1) is 10.2. The molecule has 0 radical (unpaired) electrons. The summed E-state index contributed by atoms with van der Waals surface area (Å²) in [6.07, 6.45) is 6.53. The summed E-state index contributed by atoms with van der Waals surface area (Å²) in [4.78, 5) is 2.49. The standard InChI is InChI=1S/C18H24N2O/c1-2-19-11-7-15-12-14(5-6-16(15)19)13-20-10-3-4-17(20)18(21)8-9-18/h5-7,11-12,17,21H,2-4,8-10,13H2,1H3. The van der Waals surface area contributed by atoms with Gasteiger partial charge in [-0.1, -0.05) is 6.07 Å². The molecule has 3 nitrogen and oxygen atoms in total. The molecule has 4 rings (SSSR count). The van der Waals surface area contributed by atoms with Crippen LogP contribution in [0.5, 0.6) is 0 Å². The molecule has 2 aliphatic rings. The van der Waals surface area contributed by atoms with Crippen molar-refractivity contribution >= 4 is 10.9 Å². The summed E-state index contributed by atoms with van der Waals surface area (Å²) in [5, 5.41) is 11.8. The largest absolute Gasteiger partial charge is 0.388 e. The van der Waals surface area contributed by atoms with Crippen molar-refractivity contribution in [3.05, 3.63) is 36.0 Å². The highest BCUT2D eigenvalue weighted by atomic mass is 16.3. The van der Waals surface area contributed by atoms with E-state index >= 15 is 0 Å². The van der Waals surface area contributed by atoms with Crippen molar-refractivity contribution in [1.82, 2.24) is 9.47 Å².